The number of aliphatic hydroxyl groups excluding tert-OH is 1. The van der Waals surface area contributed by atoms with Crippen molar-refractivity contribution in [2.45, 2.75) is 13.3 Å². The standard InChI is InChI=1S/C9H12N2O3S2/c1-2-6-16(13,14)11-9-10-7-8(15-9)4-3-5-12/h7,12H,2,5-6H2,1H3,(H,10,11). The summed E-state index contributed by atoms with van der Waals surface area (Å²) in [7, 11) is -3.29. The number of aromatic nitrogens is 1. The molecule has 0 unspecified atom stereocenters. The minimum absolute atomic E-state index is 0.0736. The number of rotatable bonds is 4. The lowest BCUT2D eigenvalue weighted by molar-refractivity contribution is 0.350. The van der Waals surface area contributed by atoms with Crippen molar-refractivity contribution in [3.8, 4) is 11.8 Å². The fourth-order valence-corrected chi connectivity index (χ4v) is 3.01. The topological polar surface area (TPSA) is 79.3 Å². The first-order valence-corrected chi connectivity index (χ1v) is 7.10. The molecule has 0 aliphatic rings. The molecule has 88 valence electrons. The molecule has 5 nitrogen and oxygen atoms in total. The van der Waals surface area contributed by atoms with E-state index in [4.69, 9.17) is 5.11 Å². The van der Waals surface area contributed by atoms with Gasteiger partial charge in [0.05, 0.1) is 16.8 Å². The van der Waals surface area contributed by atoms with Crippen LogP contribution in [0.3, 0.4) is 0 Å². The number of sulfonamides is 1. The summed E-state index contributed by atoms with van der Waals surface area (Å²) < 4.78 is 25.2. The average molecular weight is 260 g/mol. The Kier molecular flexibility index (Phi) is 4.73. The maximum Gasteiger partial charge on any atom is 0.234 e. The Bertz CT molecular complexity index is 496. The van der Waals surface area contributed by atoms with Crippen LogP contribution in [0.2, 0.25) is 0 Å². The van der Waals surface area contributed by atoms with Crippen molar-refractivity contribution in [3.05, 3.63) is 11.1 Å². The van der Waals surface area contributed by atoms with Crippen LogP contribution in [0.4, 0.5) is 5.13 Å². The van der Waals surface area contributed by atoms with Crippen molar-refractivity contribution >= 4 is 26.5 Å². The van der Waals surface area contributed by atoms with E-state index in [0.29, 0.717) is 16.4 Å². The van der Waals surface area contributed by atoms with E-state index in [2.05, 4.69) is 21.5 Å². The molecule has 7 heteroatoms. The van der Waals surface area contributed by atoms with Crippen LogP contribution in [-0.4, -0.2) is 30.9 Å². The van der Waals surface area contributed by atoms with Gasteiger partial charge in [-0.25, -0.2) is 13.4 Å². The van der Waals surface area contributed by atoms with E-state index in [1.54, 1.807) is 6.92 Å². The summed E-state index contributed by atoms with van der Waals surface area (Å²) in [6, 6.07) is 0. The zero-order chi connectivity index (χ0) is 12.0. The highest BCUT2D eigenvalue weighted by Crippen LogP contribution is 2.18. The third-order valence-corrected chi connectivity index (χ3v) is 3.92. The van der Waals surface area contributed by atoms with Crippen molar-refractivity contribution in [1.29, 1.82) is 0 Å². The van der Waals surface area contributed by atoms with E-state index in [0.717, 1.165) is 11.3 Å². The number of nitrogens with one attached hydrogen (secondary N) is 1. The first-order chi connectivity index (χ1) is 7.57. The summed E-state index contributed by atoms with van der Waals surface area (Å²) >= 11 is 1.14. The molecule has 1 rings (SSSR count). The second-order valence-corrected chi connectivity index (χ2v) is 5.78. The van der Waals surface area contributed by atoms with Crippen LogP contribution in [0, 0.1) is 11.8 Å². The van der Waals surface area contributed by atoms with Crippen molar-refractivity contribution in [2.24, 2.45) is 0 Å². The van der Waals surface area contributed by atoms with E-state index in [1.807, 2.05) is 0 Å². The Labute approximate surface area is 98.6 Å². The second-order valence-electron chi connectivity index (χ2n) is 2.91. The number of aliphatic hydroxyl groups is 1. The van der Waals surface area contributed by atoms with Crippen LogP contribution in [0.5, 0.6) is 0 Å². The molecular weight excluding hydrogens is 248 g/mol. The average Bonchev–Trinajstić information content (AvgIpc) is 2.61. The van der Waals surface area contributed by atoms with Crippen LogP contribution in [0.15, 0.2) is 6.20 Å². The SMILES string of the molecule is CCCS(=O)(=O)Nc1ncc(C#CCO)s1. The number of hydrogen-bond acceptors (Lipinski definition) is 5. The number of hydrogen-bond donors (Lipinski definition) is 2. The number of nitrogens with zero attached hydrogens (tertiary/aromatic N) is 1. The smallest absolute Gasteiger partial charge is 0.234 e. The lowest BCUT2D eigenvalue weighted by Crippen LogP contribution is -2.15. The zero-order valence-electron chi connectivity index (χ0n) is 8.73. The normalized spacial score (nSPS) is 10.6. The molecule has 0 aromatic carbocycles. The maximum absolute atomic E-state index is 11.4. The van der Waals surface area contributed by atoms with Crippen molar-refractivity contribution in [3.63, 3.8) is 0 Å². The third-order valence-electron chi connectivity index (χ3n) is 1.51. The van der Waals surface area contributed by atoms with Gasteiger partial charge in [0.2, 0.25) is 10.0 Å². The summed E-state index contributed by atoms with van der Waals surface area (Å²) in [6.45, 7) is 1.56. The molecule has 0 bridgehead atoms. The lowest BCUT2D eigenvalue weighted by atomic mass is 10.5. The monoisotopic (exact) mass is 260 g/mol. The molecule has 16 heavy (non-hydrogen) atoms. The van der Waals surface area contributed by atoms with E-state index in [-0.39, 0.29) is 12.4 Å². The highest BCUT2D eigenvalue weighted by atomic mass is 32.2. The lowest BCUT2D eigenvalue weighted by Gasteiger charge is -2.01. The Morgan fingerprint density at radius 3 is 3.00 bits per heavy atom. The first kappa shape index (κ1) is 13.0. The number of anilines is 1. The molecule has 1 heterocycles. The molecular formula is C9H12N2O3S2. The summed E-state index contributed by atoms with van der Waals surface area (Å²) in [5.41, 5.74) is 0. The van der Waals surface area contributed by atoms with Gasteiger partial charge < -0.3 is 5.11 Å². The first-order valence-electron chi connectivity index (χ1n) is 4.63. The van der Waals surface area contributed by atoms with E-state index >= 15 is 0 Å². The fourth-order valence-electron chi connectivity index (χ4n) is 0.959. The summed E-state index contributed by atoms with van der Waals surface area (Å²) in [5.74, 6) is 5.19. The van der Waals surface area contributed by atoms with Crippen molar-refractivity contribution in [1.82, 2.24) is 4.98 Å². The van der Waals surface area contributed by atoms with Crippen LogP contribution < -0.4 is 4.72 Å². The minimum Gasteiger partial charge on any atom is -0.384 e. The molecule has 0 fully saturated rings. The summed E-state index contributed by atoms with van der Waals surface area (Å²) in [6.07, 6.45) is 2.02. The molecule has 1 aromatic heterocycles. The molecule has 0 atom stereocenters. The Morgan fingerprint density at radius 2 is 2.38 bits per heavy atom. The Morgan fingerprint density at radius 1 is 1.62 bits per heavy atom. The van der Waals surface area contributed by atoms with Crippen LogP contribution in [-0.2, 0) is 10.0 Å². The van der Waals surface area contributed by atoms with E-state index in [9.17, 15) is 8.42 Å². The molecule has 1 aromatic rings. The Balaban J connectivity index is 2.72. The predicted molar refractivity (Wildman–Crippen MR) is 63.8 cm³/mol. The van der Waals surface area contributed by atoms with Crippen molar-refractivity contribution in [2.75, 3.05) is 17.1 Å². The molecule has 0 aliphatic heterocycles. The van der Waals surface area contributed by atoms with Gasteiger partial charge in [0.15, 0.2) is 5.13 Å². The van der Waals surface area contributed by atoms with Gasteiger partial charge in [-0.2, -0.15) is 0 Å². The molecule has 2 N–H and O–H groups in total. The number of thiazole rings is 1. The molecule has 0 saturated carbocycles. The van der Waals surface area contributed by atoms with Gasteiger partial charge in [-0.1, -0.05) is 30.1 Å². The molecule has 0 aliphatic carbocycles. The predicted octanol–water partition coefficient (Wildman–Crippen LogP) is 0.639. The van der Waals surface area contributed by atoms with Gasteiger partial charge in [-0.3, -0.25) is 4.72 Å². The quantitative estimate of drug-likeness (QED) is 0.779. The molecule has 0 amide bonds. The molecule has 0 spiro atoms. The van der Waals surface area contributed by atoms with Gasteiger partial charge in [0.1, 0.15) is 6.61 Å². The maximum atomic E-state index is 11.4. The highest BCUT2D eigenvalue weighted by Gasteiger charge is 2.10. The van der Waals surface area contributed by atoms with Gasteiger partial charge in [-0.15, -0.1) is 0 Å². The van der Waals surface area contributed by atoms with Crippen LogP contribution in [0.25, 0.3) is 0 Å². The Hall–Kier alpha value is -1.10. The van der Waals surface area contributed by atoms with E-state index < -0.39 is 10.0 Å². The van der Waals surface area contributed by atoms with Crippen LogP contribution in [0.1, 0.15) is 18.2 Å². The zero-order valence-corrected chi connectivity index (χ0v) is 10.4. The largest absolute Gasteiger partial charge is 0.384 e. The van der Waals surface area contributed by atoms with E-state index in [1.165, 1.54) is 6.20 Å². The molecule has 0 radical (unpaired) electrons. The summed E-state index contributed by atoms with van der Waals surface area (Å²) in [5, 5.41) is 8.79. The fraction of sp³-hybridized carbons (Fsp3) is 0.444. The van der Waals surface area contributed by atoms with Gasteiger partial charge in [-0.05, 0) is 6.42 Å². The van der Waals surface area contributed by atoms with Crippen LogP contribution >= 0.6 is 11.3 Å². The highest BCUT2D eigenvalue weighted by molar-refractivity contribution is 7.92. The minimum atomic E-state index is -3.29. The van der Waals surface area contributed by atoms with Gasteiger partial charge >= 0.3 is 0 Å². The van der Waals surface area contributed by atoms with Crippen molar-refractivity contribution < 1.29 is 13.5 Å². The van der Waals surface area contributed by atoms with Gasteiger partial charge in [0, 0.05) is 0 Å². The molecule has 0 saturated heterocycles. The third kappa shape index (κ3) is 4.18. The second kappa shape index (κ2) is 5.84. The van der Waals surface area contributed by atoms with Gasteiger partial charge in [0.25, 0.3) is 0 Å². The summed E-state index contributed by atoms with van der Waals surface area (Å²) in [4.78, 5) is 4.49.